The molecule has 6 nitrogen and oxygen atoms in total. The van der Waals surface area contributed by atoms with Crippen LogP contribution >= 0.6 is 0 Å². The minimum atomic E-state index is 0.293. The maximum Gasteiger partial charge on any atom is 0.191 e. The van der Waals surface area contributed by atoms with Crippen molar-refractivity contribution in [1.29, 1.82) is 0 Å². The molecule has 0 aromatic rings. The fourth-order valence-electron chi connectivity index (χ4n) is 3.77. The minimum absolute atomic E-state index is 0.293. The summed E-state index contributed by atoms with van der Waals surface area (Å²) >= 11 is 0. The minimum Gasteiger partial charge on any atom is -0.356 e. The van der Waals surface area contributed by atoms with E-state index in [0.717, 1.165) is 51.2 Å². The van der Waals surface area contributed by atoms with E-state index in [4.69, 9.17) is 0 Å². The summed E-state index contributed by atoms with van der Waals surface area (Å²) in [5.41, 5.74) is 0.586. The Balaban J connectivity index is 1.29. The van der Waals surface area contributed by atoms with Gasteiger partial charge in [-0.25, -0.2) is 0 Å². The van der Waals surface area contributed by atoms with Crippen LogP contribution in [-0.2, 0) is 0 Å². The number of rotatable bonds is 13. The summed E-state index contributed by atoms with van der Waals surface area (Å²) < 4.78 is 0. The van der Waals surface area contributed by atoms with E-state index in [1.165, 1.54) is 64.2 Å². The van der Waals surface area contributed by atoms with E-state index in [2.05, 4.69) is 58.9 Å². The zero-order valence-electron chi connectivity index (χ0n) is 20.2. The predicted molar refractivity (Wildman–Crippen MR) is 130 cm³/mol. The summed E-state index contributed by atoms with van der Waals surface area (Å²) in [6.45, 7) is 15.0. The lowest BCUT2D eigenvalue weighted by atomic mass is 9.93. The summed E-state index contributed by atoms with van der Waals surface area (Å²) in [5.74, 6) is 1.99. The molecule has 0 fully saturated rings. The van der Waals surface area contributed by atoms with Crippen molar-refractivity contribution >= 4 is 11.9 Å². The lowest BCUT2D eigenvalue weighted by molar-refractivity contribution is 0.358. The number of nitrogens with zero attached hydrogens (tertiary/aromatic N) is 2. The Bertz CT molecular complexity index is 490. The van der Waals surface area contributed by atoms with E-state index in [0.29, 0.717) is 10.8 Å². The molecule has 174 valence electrons. The average molecular weight is 421 g/mol. The quantitative estimate of drug-likeness (QED) is 0.339. The number of unbranched alkanes of at least 4 members (excludes halogenated alkanes) is 9. The van der Waals surface area contributed by atoms with Crippen LogP contribution in [-0.4, -0.2) is 51.2 Å². The van der Waals surface area contributed by atoms with Gasteiger partial charge in [0.25, 0.3) is 0 Å². The van der Waals surface area contributed by atoms with E-state index < -0.39 is 0 Å². The van der Waals surface area contributed by atoms with Gasteiger partial charge in [0.2, 0.25) is 0 Å². The van der Waals surface area contributed by atoms with Gasteiger partial charge in [0, 0.05) is 50.1 Å². The molecule has 0 spiro atoms. The molecule has 0 amide bonds. The van der Waals surface area contributed by atoms with Gasteiger partial charge in [0.15, 0.2) is 11.9 Å². The molecule has 0 saturated carbocycles. The standard InChI is InChI=1S/C24H48N6/c1-23(2)17-27-21(28-18-23)25-15-13-11-9-7-5-6-8-10-12-14-16-26-22-29-19-24(3,4)20-30-22/h5-20H2,1-4H3,(H2,25,27,28)(H2,26,29,30). The molecule has 0 aromatic carbocycles. The molecular weight excluding hydrogens is 372 g/mol. The lowest BCUT2D eigenvalue weighted by Gasteiger charge is -2.29. The lowest BCUT2D eigenvalue weighted by Crippen LogP contribution is -2.47. The van der Waals surface area contributed by atoms with Crippen LogP contribution in [0.2, 0.25) is 0 Å². The van der Waals surface area contributed by atoms with Crippen molar-refractivity contribution in [2.45, 2.75) is 91.9 Å². The number of guanidine groups is 2. The van der Waals surface area contributed by atoms with Crippen LogP contribution in [0.5, 0.6) is 0 Å². The highest BCUT2D eigenvalue weighted by Gasteiger charge is 2.22. The summed E-state index contributed by atoms with van der Waals surface area (Å²) in [4.78, 5) is 9.17. The predicted octanol–water partition coefficient (Wildman–Crippen LogP) is 4.04. The second-order valence-electron chi connectivity index (χ2n) is 10.8. The van der Waals surface area contributed by atoms with Gasteiger partial charge >= 0.3 is 0 Å². The zero-order valence-corrected chi connectivity index (χ0v) is 20.2. The molecule has 0 aliphatic carbocycles. The summed E-state index contributed by atoms with van der Waals surface area (Å²) in [6, 6.07) is 0. The Hall–Kier alpha value is -1.46. The molecule has 4 N–H and O–H groups in total. The van der Waals surface area contributed by atoms with Gasteiger partial charge in [0.1, 0.15) is 0 Å². The Morgan fingerprint density at radius 2 is 0.933 bits per heavy atom. The fraction of sp³-hybridized carbons (Fsp3) is 0.917. The molecule has 0 saturated heterocycles. The summed E-state index contributed by atoms with van der Waals surface area (Å²) in [7, 11) is 0. The Morgan fingerprint density at radius 1 is 0.600 bits per heavy atom. The van der Waals surface area contributed by atoms with Gasteiger partial charge < -0.3 is 21.3 Å². The molecule has 0 atom stereocenters. The Kier molecular flexibility index (Phi) is 10.8. The van der Waals surface area contributed by atoms with Crippen LogP contribution in [0.1, 0.15) is 91.9 Å². The normalized spacial score (nSPS) is 19.9. The van der Waals surface area contributed by atoms with E-state index in [-0.39, 0.29) is 0 Å². The van der Waals surface area contributed by atoms with E-state index in [9.17, 15) is 0 Å². The number of nitrogens with one attached hydrogen (secondary N) is 4. The van der Waals surface area contributed by atoms with Crippen molar-refractivity contribution in [1.82, 2.24) is 21.3 Å². The van der Waals surface area contributed by atoms with Crippen molar-refractivity contribution in [2.24, 2.45) is 20.8 Å². The highest BCUT2D eigenvalue weighted by atomic mass is 15.2. The van der Waals surface area contributed by atoms with E-state index >= 15 is 0 Å². The van der Waals surface area contributed by atoms with Gasteiger partial charge in [-0.1, -0.05) is 79.1 Å². The van der Waals surface area contributed by atoms with Crippen LogP contribution in [0, 0.1) is 10.8 Å². The second kappa shape index (κ2) is 13.1. The first-order valence-corrected chi connectivity index (χ1v) is 12.4. The zero-order chi connectivity index (χ0) is 21.7. The first-order valence-electron chi connectivity index (χ1n) is 12.4. The molecule has 2 rings (SSSR count). The van der Waals surface area contributed by atoms with E-state index in [1.807, 2.05) is 0 Å². The van der Waals surface area contributed by atoms with Crippen LogP contribution in [0.3, 0.4) is 0 Å². The van der Waals surface area contributed by atoms with Gasteiger partial charge in [0.05, 0.1) is 0 Å². The van der Waals surface area contributed by atoms with Gasteiger partial charge in [-0.2, -0.15) is 0 Å². The maximum absolute atomic E-state index is 4.59. The van der Waals surface area contributed by atoms with Crippen LogP contribution in [0.25, 0.3) is 0 Å². The molecule has 0 unspecified atom stereocenters. The van der Waals surface area contributed by atoms with Crippen molar-refractivity contribution in [3.8, 4) is 0 Å². The molecular formula is C24H48N6. The molecule has 0 aromatic heterocycles. The van der Waals surface area contributed by atoms with Crippen molar-refractivity contribution in [2.75, 3.05) is 39.3 Å². The Morgan fingerprint density at radius 3 is 1.23 bits per heavy atom. The van der Waals surface area contributed by atoms with Crippen molar-refractivity contribution in [3.05, 3.63) is 0 Å². The third-order valence-electron chi connectivity index (χ3n) is 5.99. The van der Waals surface area contributed by atoms with Gasteiger partial charge in [-0.15, -0.1) is 0 Å². The summed E-state index contributed by atoms with van der Waals surface area (Å²) in [5, 5.41) is 13.7. The molecule has 2 heterocycles. The van der Waals surface area contributed by atoms with Gasteiger partial charge in [-0.05, 0) is 12.8 Å². The Labute approximate surface area is 185 Å². The monoisotopic (exact) mass is 420 g/mol. The highest BCUT2D eigenvalue weighted by Crippen LogP contribution is 2.17. The molecule has 0 radical (unpaired) electrons. The third kappa shape index (κ3) is 11.1. The molecule has 2 aliphatic heterocycles. The highest BCUT2D eigenvalue weighted by molar-refractivity contribution is 5.80. The first-order chi connectivity index (χ1) is 14.4. The molecule has 6 heteroatoms. The third-order valence-corrected chi connectivity index (χ3v) is 5.99. The molecule has 30 heavy (non-hydrogen) atoms. The number of hydrogen-bond donors (Lipinski definition) is 4. The van der Waals surface area contributed by atoms with Crippen LogP contribution < -0.4 is 21.3 Å². The summed E-state index contributed by atoms with van der Waals surface area (Å²) in [6.07, 6.45) is 13.4. The van der Waals surface area contributed by atoms with E-state index in [1.54, 1.807) is 0 Å². The average Bonchev–Trinajstić information content (AvgIpc) is 2.70. The second-order valence-corrected chi connectivity index (χ2v) is 10.8. The topological polar surface area (TPSA) is 72.8 Å². The molecule has 2 aliphatic rings. The number of aliphatic imine (C=N–C) groups is 2. The van der Waals surface area contributed by atoms with Crippen LogP contribution in [0.15, 0.2) is 9.98 Å². The van der Waals surface area contributed by atoms with Crippen molar-refractivity contribution in [3.63, 3.8) is 0 Å². The SMILES string of the molecule is CC1(C)CN=C(NCCCCCCCCCCCCNC2=NCC(C)(C)CN2)NC1. The first kappa shape index (κ1) is 24.8. The van der Waals surface area contributed by atoms with Gasteiger partial charge in [-0.3, -0.25) is 9.98 Å². The largest absolute Gasteiger partial charge is 0.356 e. The van der Waals surface area contributed by atoms with Crippen LogP contribution in [0.4, 0.5) is 0 Å². The maximum atomic E-state index is 4.59. The number of hydrogen-bond acceptors (Lipinski definition) is 6. The molecule has 0 bridgehead atoms. The fourth-order valence-corrected chi connectivity index (χ4v) is 3.77. The van der Waals surface area contributed by atoms with Crippen molar-refractivity contribution < 1.29 is 0 Å². The smallest absolute Gasteiger partial charge is 0.191 e.